The van der Waals surface area contributed by atoms with Gasteiger partial charge in [0.1, 0.15) is 0 Å². The van der Waals surface area contributed by atoms with Gasteiger partial charge in [-0.3, -0.25) is 14.7 Å². The van der Waals surface area contributed by atoms with Gasteiger partial charge in [0.25, 0.3) is 0 Å². The van der Waals surface area contributed by atoms with Gasteiger partial charge < -0.3 is 10.6 Å². The maximum Gasteiger partial charge on any atom is 0.314 e. The number of aromatic nitrogens is 2. The molecule has 6 heteroatoms. The van der Waals surface area contributed by atoms with Crippen molar-refractivity contribution in [1.82, 2.24) is 10.2 Å². The van der Waals surface area contributed by atoms with Crippen LogP contribution in [0.25, 0.3) is 10.9 Å². The molecule has 0 aliphatic rings. The second-order valence-electron chi connectivity index (χ2n) is 5.54. The number of nitrogens with one attached hydrogen (secondary N) is 3. The van der Waals surface area contributed by atoms with Crippen molar-refractivity contribution in [3.05, 3.63) is 53.7 Å². The molecule has 3 N–H and O–H groups in total. The van der Waals surface area contributed by atoms with Crippen molar-refractivity contribution in [1.29, 1.82) is 0 Å². The summed E-state index contributed by atoms with van der Waals surface area (Å²) in [4.78, 5) is 24.4. The summed E-state index contributed by atoms with van der Waals surface area (Å²) in [6, 6.07) is 11.1. The lowest BCUT2D eigenvalue weighted by atomic mass is 10.1. The summed E-state index contributed by atoms with van der Waals surface area (Å²) >= 11 is 0. The van der Waals surface area contributed by atoms with Crippen molar-refractivity contribution in [2.45, 2.75) is 20.3 Å². The summed E-state index contributed by atoms with van der Waals surface area (Å²) in [6.07, 6.45) is 2.47. The summed E-state index contributed by atoms with van der Waals surface area (Å²) in [6.45, 7) is 3.91. The number of anilines is 2. The molecule has 122 valence electrons. The molecule has 3 rings (SSSR count). The molecule has 1 heterocycles. The van der Waals surface area contributed by atoms with Gasteiger partial charge in [0.05, 0.1) is 11.7 Å². The Morgan fingerprint density at radius 2 is 1.92 bits per heavy atom. The molecule has 1 aromatic heterocycles. The van der Waals surface area contributed by atoms with Crippen LogP contribution in [0.15, 0.2) is 42.6 Å². The summed E-state index contributed by atoms with van der Waals surface area (Å²) < 4.78 is 0. The highest BCUT2D eigenvalue weighted by Crippen LogP contribution is 2.21. The summed E-state index contributed by atoms with van der Waals surface area (Å²) in [5.74, 6) is -1.40. The Kier molecular flexibility index (Phi) is 4.29. The number of rotatable bonds is 3. The molecule has 6 nitrogen and oxygen atoms in total. The molecule has 0 radical (unpaired) electrons. The number of para-hydroxylation sites is 1. The van der Waals surface area contributed by atoms with E-state index in [4.69, 9.17) is 0 Å². The zero-order chi connectivity index (χ0) is 17.1. The van der Waals surface area contributed by atoms with Crippen LogP contribution in [-0.4, -0.2) is 22.0 Å². The Balaban J connectivity index is 1.74. The predicted molar refractivity (Wildman–Crippen MR) is 93.9 cm³/mol. The highest BCUT2D eigenvalue weighted by Gasteiger charge is 2.16. The van der Waals surface area contributed by atoms with Gasteiger partial charge in [-0.25, -0.2) is 0 Å². The van der Waals surface area contributed by atoms with Crippen LogP contribution in [0.5, 0.6) is 0 Å². The zero-order valence-corrected chi connectivity index (χ0v) is 13.5. The molecule has 2 aromatic carbocycles. The molecule has 2 amide bonds. The first-order valence-electron chi connectivity index (χ1n) is 7.72. The van der Waals surface area contributed by atoms with Crippen LogP contribution in [0, 0.1) is 6.92 Å². The number of carbonyl (C=O) groups is 2. The van der Waals surface area contributed by atoms with Crippen molar-refractivity contribution >= 4 is 34.1 Å². The highest BCUT2D eigenvalue weighted by atomic mass is 16.2. The number of amides is 2. The predicted octanol–water partition coefficient (Wildman–Crippen LogP) is 3.01. The summed E-state index contributed by atoms with van der Waals surface area (Å²) in [5.41, 5.74) is 3.95. The SMILES string of the molecule is CCc1cccc(C)c1NC(=O)C(=O)Nc1ccc2cn[nH]c2c1. The standard InChI is InChI=1S/C18H18N4O2/c1-3-12-6-4-5-11(2)16(12)21-18(24)17(23)20-14-8-7-13-10-19-22-15(13)9-14/h4-10H,3H2,1-2H3,(H,19,22)(H,20,23)(H,21,24). The molecule has 3 aromatic rings. The van der Waals surface area contributed by atoms with E-state index in [1.165, 1.54) is 0 Å². The van der Waals surface area contributed by atoms with Gasteiger partial charge in [-0.05, 0) is 42.7 Å². The molecule has 0 bridgehead atoms. The van der Waals surface area contributed by atoms with Crippen LogP contribution in [0.4, 0.5) is 11.4 Å². The Morgan fingerprint density at radius 1 is 1.12 bits per heavy atom. The smallest absolute Gasteiger partial charge is 0.314 e. The average molecular weight is 322 g/mol. The van der Waals surface area contributed by atoms with E-state index in [2.05, 4.69) is 20.8 Å². The number of nitrogens with zero attached hydrogens (tertiary/aromatic N) is 1. The maximum atomic E-state index is 12.2. The van der Waals surface area contributed by atoms with Gasteiger partial charge in [-0.1, -0.05) is 25.1 Å². The molecular weight excluding hydrogens is 304 g/mol. The Hall–Kier alpha value is -3.15. The van der Waals surface area contributed by atoms with Crippen LogP contribution in [0.3, 0.4) is 0 Å². The fraction of sp³-hybridized carbons (Fsp3) is 0.167. The zero-order valence-electron chi connectivity index (χ0n) is 13.5. The minimum absolute atomic E-state index is 0.535. The molecule has 0 saturated carbocycles. The van der Waals surface area contributed by atoms with E-state index in [1.807, 2.05) is 38.1 Å². The van der Waals surface area contributed by atoms with Crippen LogP contribution in [0.2, 0.25) is 0 Å². The van der Waals surface area contributed by atoms with Crippen LogP contribution in [-0.2, 0) is 16.0 Å². The Bertz CT molecular complexity index is 914. The van der Waals surface area contributed by atoms with Gasteiger partial charge in [0, 0.05) is 16.8 Å². The van der Waals surface area contributed by atoms with Crippen LogP contribution >= 0.6 is 0 Å². The molecule has 0 spiro atoms. The van der Waals surface area contributed by atoms with Gasteiger partial charge in [-0.15, -0.1) is 0 Å². The second kappa shape index (κ2) is 6.54. The Labute approximate surface area is 139 Å². The minimum atomic E-state index is -0.709. The molecule has 0 saturated heterocycles. The molecule has 0 aliphatic carbocycles. The molecule has 0 unspecified atom stereocenters. The van der Waals surface area contributed by atoms with Gasteiger partial charge in [-0.2, -0.15) is 5.10 Å². The third-order valence-corrected chi connectivity index (χ3v) is 3.88. The van der Waals surface area contributed by atoms with Crippen molar-refractivity contribution in [3.8, 4) is 0 Å². The van der Waals surface area contributed by atoms with Crippen LogP contribution < -0.4 is 10.6 Å². The molecule has 0 aliphatic heterocycles. The average Bonchev–Trinajstić information content (AvgIpc) is 3.04. The van der Waals surface area contributed by atoms with Gasteiger partial charge in [0.2, 0.25) is 0 Å². The lowest BCUT2D eigenvalue weighted by Crippen LogP contribution is -2.29. The van der Waals surface area contributed by atoms with Crippen molar-refractivity contribution in [2.75, 3.05) is 10.6 Å². The largest absolute Gasteiger partial charge is 0.318 e. The van der Waals surface area contributed by atoms with E-state index in [1.54, 1.807) is 18.3 Å². The topological polar surface area (TPSA) is 86.9 Å². The van der Waals surface area contributed by atoms with Crippen molar-refractivity contribution < 1.29 is 9.59 Å². The number of aromatic amines is 1. The monoisotopic (exact) mass is 322 g/mol. The van der Waals surface area contributed by atoms with Crippen LogP contribution in [0.1, 0.15) is 18.1 Å². The molecular formula is C18H18N4O2. The number of carbonyl (C=O) groups excluding carboxylic acids is 2. The van der Waals surface area contributed by atoms with E-state index >= 15 is 0 Å². The number of fused-ring (bicyclic) bond motifs is 1. The highest BCUT2D eigenvalue weighted by molar-refractivity contribution is 6.43. The van der Waals surface area contributed by atoms with Gasteiger partial charge >= 0.3 is 11.8 Å². The van der Waals surface area contributed by atoms with E-state index < -0.39 is 11.8 Å². The van der Waals surface area contributed by atoms with E-state index in [9.17, 15) is 9.59 Å². The van der Waals surface area contributed by atoms with Gasteiger partial charge in [0.15, 0.2) is 0 Å². The summed E-state index contributed by atoms with van der Waals surface area (Å²) in [5, 5.41) is 13.0. The van der Waals surface area contributed by atoms with Crippen molar-refractivity contribution in [3.63, 3.8) is 0 Å². The first-order valence-corrected chi connectivity index (χ1v) is 7.72. The minimum Gasteiger partial charge on any atom is -0.318 e. The number of hydrogen-bond acceptors (Lipinski definition) is 3. The fourth-order valence-corrected chi connectivity index (χ4v) is 2.57. The third-order valence-electron chi connectivity index (χ3n) is 3.88. The normalized spacial score (nSPS) is 10.6. The lowest BCUT2D eigenvalue weighted by Gasteiger charge is -2.12. The number of benzene rings is 2. The summed E-state index contributed by atoms with van der Waals surface area (Å²) in [7, 11) is 0. The first kappa shape index (κ1) is 15.7. The van der Waals surface area contributed by atoms with E-state index in [-0.39, 0.29) is 0 Å². The number of H-pyrrole nitrogens is 1. The second-order valence-corrected chi connectivity index (χ2v) is 5.54. The number of hydrogen-bond donors (Lipinski definition) is 3. The third kappa shape index (κ3) is 3.12. The Morgan fingerprint density at radius 3 is 2.71 bits per heavy atom. The first-order chi connectivity index (χ1) is 11.6. The fourth-order valence-electron chi connectivity index (χ4n) is 2.57. The quantitative estimate of drug-likeness (QED) is 0.648. The lowest BCUT2D eigenvalue weighted by molar-refractivity contribution is -0.133. The van der Waals surface area contributed by atoms with E-state index in [0.717, 1.165) is 28.5 Å². The van der Waals surface area contributed by atoms with Crippen molar-refractivity contribution in [2.24, 2.45) is 0 Å². The molecule has 0 fully saturated rings. The van der Waals surface area contributed by atoms with E-state index in [0.29, 0.717) is 11.4 Å². The molecule has 24 heavy (non-hydrogen) atoms. The maximum absolute atomic E-state index is 12.2. The number of aryl methyl sites for hydroxylation is 2. The molecule has 0 atom stereocenters.